The molecule has 0 aliphatic rings. The van der Waals surface area contributed by atoms with Gasteiger partial charge in [-0.15, -0.1) is 0 Å². The molecule has 0 aliphatic carbocycles. The van der Waals surface area contributed by atoms with Gasteiger partial charge >= 0.3 is 0 Å². The average molecular weight is 353 g/mol. The molecule has 2 aromatic carbocycles. The minimum atomic E-state index is -0.321. The van der Waals surface area contributed by atoms with E-state index < -0.39 is 0 Å². The predicted octanol–water partition coefficient (Wildman–Crippen LogP) is 4.83. The van der Waals surface area contributed by atoms with Crippen LogP contribution in [0.15, 0.2) is 71.1 Å². The van der Waals surface area contributed by atoms with Crippen molar-refractivity contribution >= 4 is 5.91 Å². The first kappa shape index (κ1) is 17.7. The minimum absolute atomic E-state index is 0.0762. The van der Waals surface area contributed by atoms with Crippen molar-refractivity contribution in [1.82, 2.24) is 4.90 Å². The summed E-state index contributed by atoms with van der Waals surface area (Å²) in [6.45, 7) is 2.13. The molecule has 3 rings (SSSR count). The van der Waals surface area contributed by atoms with Crippen molar-refractivity contribution in [3.8, 4) is 5.75 Å². The minimum Gasteiger partial charge on any atom is -0.486 e. The van der Waals surface area contributed by atoms with Gasteiger partial charge in [0.1, 0.15) is 23.9 Å². The molecule has 0 saturated heterocycles. The first-order valence-electron chi connectivity index (χ1n) is 8.34. The van der Waals surface area contributed by atoms with Gasteiger partial charge in [-0.05, 0) is 48.9 Å². The number of ether oxygens (including phenoxy) is 1. The molecule has 0 N–H and O–H groups in total. The molecule has 1 aromatic heterocycles. The molecule has 0 radical (unpaired) electrons. The fourth-order valence-electron chi connectivity index (χ4n) is 2.56. The highest BCUT2D eigenvalue weighted by atomic mass is 19.1. The number of carbonyl (C=O) groups is 1. The van der Waals surface area contributed by atoms with Crippen molar-refractivity contribution in [2.24, 2.45) is 0 Å². The Hall–Kier alpha value is -3.08. The molecule has 0 fully saturated rings. The number of nitrogens with zero attached hydrogens (tertiary/aromatic N) is 1. The molecule has 3 aromatic rings. The molecule has 5 heteroatoms. The van der Waals surface area contributed by atoms with Crippen LogP contribution in [0, 0.1) is 5.82 Å². The Bertz CT molecular complexity index is 858. The topological polar surface area (TPSA) is 42.7 Å². The monoisotopic (exact) mass is 353 g/mol. The second-order valence-corrected chi connectivity index (χ2v) is 6.01. The first-order valence-corrected chi connectivity index (χ1v) is 8.34. The van der Waals surface area contributed by atoms with Crippen molar-refractivity contribution in [2.45, 2.75) is 19.6 Å². The lowest BCUT2D eigenvalue weighted by Crippen LogP contribution is -2.29. The van der Waals surface area contributed by atoms with Gasteiger partial charge in [-0.2, -0.15) is 0 Å². The maximum atomic E-state index is 12.9. The lowest BCUT2D eigenvalue weighted by Gasteiger charge is -2.24. The smallest absolute Gasteiger partial charge is 0.289 e. The zero-order valence-electron chi connectivity index (χ0n) is 14.7. The first-order chi connectivity index (χ1) is 12.5. The summed E-state index contributed by atoms with van der Waals surface area (Å²) in [5, 5.41) is 0. The number of carbonyl (C=O) groups excluding carboxylic acids is 1. The third-order valence-electron chi connectivity index (χ3n) is 4.25. The van der Waals surface area contributed by atoms with Crippen LogP contribution in [0.2, 0.25) is 0 Å². The van der Waals surface area contributed by atoms with Crippen LogP contribution < -0.4 is 4.74 Å². The van der Waals surface area contributed by atoms with Gasteiger partial charge in [-0.1, -0.05) is 30.3 Å². The van der Waals surface area contributed by atoms with E-state index in [1.165, 1.54) is 12.1 Å². The van der Waals surface area contributed by atoms with Gasteiger partial charge in [0.05, 0.1) is 6.04 Å². The molecular formula is C21H20FNO3. The van der Waals surface area contributed by atoms with Gasteiger partial charge in [-0.3, -0.25) is 4.79 Å². The Morgan fingerprint density at radius 1 is 1.08 bits per heavy atom. The van der Waals surface area contributed by atoms with E-state index in [1.807, 2.05) is 37.3 Å². The molecule has 0 bridgehead atoms. The number of hydrogen-bond acceptors (Lipinski definition) is 3. The predicted molar refractivity (Wildman–Crippen MR) is 96.4 cm³/mol. The van der Waals surface area contributed by atoms with E-state index in [0.29, 0.717) is 11.5 Å². The maximum Gasteiger partial charge on any atom is 0.289 e. The number of rotatable bonds is 6. The normalized spacial score (nSPS) is 11.8. The molecule has 0 aliphatic heterocycles. The number of benzene rings is 2. The summed E-state index contributed by atoms with van der Waals surface area (Å²) >= 11 is 0. The van der Waals surface area contributed by atoms with Gasteiger partial charge in [0.15, 0.2) is 5.76 Å². The Balaban J connectivity index is 1.63. The lowest BCUT2D eigenvalue weighted by molar-refractivity contribution is 0.0706. The quantitative estimate of drug-likeness (QED) is 0.637. The van der Waals surface area contributed by atoms with Gasteiger partial charge in [0.2, 0.25) is 0 Å². The molecule has 134 valence electrons. The summed E-state index contributed by atoms with van der Waals surface area (Å²) in [5.74, 6) is 0.796. The van der Waals surface area contributed by atoms with Gasteiger partial charge in [0, 0.05) is 7.05 Å². The fourth-order valence-corrected chi connectivity index (χ4v) is 2.56. The molecule has 1 atom stereocenters. The van der Waals surface area contributed by atoms with Crippen molar-refractivity contribution in [3.05, 3.63) is 89.6 Å². The van der Waals surface area contributed by atoms with Crippen LogP contribution in [-0.4, -0.2) is 17.9 Å². The maximum absolute atomic E-state index is 12.9. The van der Waals surface area contributed by atoms with E-state index in [1.54, 1.807) is 36.2 Å². The third kappa shape index (κ3) is 4.11. The van der Waals surface area contributed by atoms with Gasteiger partial charge < -0.3 is 14.1 Å². The standard InChI is InChI=1S/C21H20FNO3/c1-15(16-6-4-3-5-7-16)23(2)21(24)20-13-12-19(26-20)14-25-18-10-8-17(22)9-11-18/h3-13,15H,14H2,1-2H3. The molecule has 4 nitrogen and oxygen atoms in total. The molecule has 0 spiro atoms. The van der Waals surface area contributed by atoms with Gasteiger partial charge in [0.25, 0.3) is 5.91 Å². The average Bonchev–Trinajstić information content (AvgIpc) is 3.15. The van der Waals surface area contributed by atoms with Crippen molar-refractivity contribution in [1.29, 1.82) is 0 Å². The van der Waals surface area contributed by atoms with Crippen molar-refractivity contribution < 1.29 is 18.3 Å². The summed E-state index contributed by atoms with van der Waals surface area (Å²) in [4.78, 5) is 14.3. The second kappa shape index (κ2) is 7.87. The van der Waals surface area contributed by atoms with Crippen LogP contribution in [-0.2, 0) is 6.61 Å². The lowest BCUT2D eigenvalue weighted by atomic mass is 10.1. The Morgan fingerprint density at radius 2 is 1.77 bits per heavy atom. The number of hydrogen-bond donors (Lipinski definition) is 0. The zero-order valence-corrected chi connectivity index (χ0v) is 14.7. The van der Waals surface area contributed by atoms with Crippen LogP contribution in [0.25, 0.3) is 0 Å². The molecule has 1 heterocycles. The summed E-state index contributed by atoms with van der Waals surface area (Å²) in [6, 6.07) is 18.8. The largest absolute Gasteiger partial charge is 0.486 e. The highest BCUT2D eigenvalue weighted by Crippen LogP contribution is 2.22. The van der Waals surface area contributed by atoms with Crippen LogP contribution >= 0.6 is 0 Å². The fraction of sp³-hybridized carbons (Fsp3) is 0.190. The Kier molecular flexibility index (Phi) is 5.37. The van der Waals surface area contributed by atoms with E-state index >= 15 is 0 Å². The Morgan fingerprint density at radius 3 is 2.46 bits per heavy atom. The molecule has 26 heavy (non-hydrogen) atoms. The number of furan rings is 1. The highest BCUT2D eigenvalue weighted by Gasteiger charge is 2.21. The van der Waals surface area contributed by atoms with E-state index in [2.05, 4.69) is 0 Å². The van der Waals surface area contributed by atoms with E-state index in [-0.39, 0.29) is 30.1 Å². The summed E-state index contributed by atoms with van der Waals surface area (Å²) in [7, 11) is 1.75. The van der Waals surface area contributed by atoms with E-state index in [4.69, 9.17) is 9.15 Å². The molecule has 1 amide bonds. The molecular weight excluding hydrogens is 333 g/mol. The van der Waals surface area contributed by atoms with Crippen LogP contribution in [0.5, 0.6) is 5.75 Å². The summed E-state index contributed by atoms with van der Waals surface area (Å²) in [6.07, 6.45) is 0. The SMILES string of the molecule is CC(c1ccccc1)N(C)C(=O)c1ccc(COc2ccc(F)cc2)o1. The van der Waals surface area contributed by atoms with Gasteiger partial charge in [-0.25, -0.2) is 4.39 Å². The number of halogens is 1. The van der Waals surface area contributed by atoms with Crippen molar-refractivity contribution in [3.63, 3.8) is 0 Å². The van der Waals surface area contributed by atoms with Crippen molar-refractivity contribution in [2.75, 3.05) is 7.05 Å². The molecule has 0 saturated carbocycles. The zero-order chi connectivity index (χ0) is 18.5. The second-order valence-electron chi connectivity index (χ2n) is 6.01. The third-order valence-corrected chi connectivity index (χ3v) is 4.25. The summed E-state index contributed by atoms with van der Waals surface area (Å²) in [5.41, 5.74) is 1.05. The van der Waals surface area contributed by atoms with E-state index in [0.717, 1.165) is 5.56 Å². The highest BCUT2D eigenvalue weighted by molar-refractivity contribution is 5.91. The van der Waals surface area contributed by atoms with Crippen LogP contribution in [0.1, 0.15) is 34.8 Å². The molecule has 1 unspecified atom stereocenters. The number of amides is 1. The summed E-state index contributed by atoms with van der Waals surface area (Å²) < 4.78 is 24.0. The van der Waals surface area contributed by atoms with Crippen LogP contribution in [0.3, 0.4) is 0 Å². The Labute approximate surface area is 151 Å². The van der Waals surface area contributed by atoms with E-state index in [9.17, 15) is 9.18 Å². The van der Waals surface area contributed by atoms with Crippen LogP contribution in [0.4, 0.5) is 4.39 Å².